The van der Waals surface area contributed by atoms with Crippen LogP contribution in [0.25, 0.3) is 0 Å². The second-order valence-electron chi connectivity index (χ2n) is 4.07. The Morgan fingerprint density at radius 1 is 1.40 bits per heavy atom. The van der Waals surface area contributed by atoms with Gasteiger partial charge in [-0.1, -0.05) is 5.16 Å². The van der Waals surface area contributed by atoms with Crippen LogP contribution in [0.2, 0.25) is 0 Å². The van der Waals surface area contributed by atoms with Gasteiger partial charge in [-0.2, -0.15) is 5.26 Å². The number of nitrogens with zero attached hydrogens (tertiary/aromatic N) is 2. The Morgan fingerprint density at radius 3 is 2.60 bits per heavy atom. The summed E-state index contributed by atoms with van der Waals surface area (Å²) in [6, 6.07) is 6.54. The summed E-state index contributed by atoms with van der Waals surface area (Å²) in [5.74, 6) is 0.222. The number of halogens is 1. The predicted octanol–water partition coefficient (Wildman–Crippen LogP) is 2.73. The van der Waals surface area contributed by atoms with E-state index in [1.165, 1.54) is 25.1 Å². The number of aryl methyl sites for hydroxylation is 2. The summed E-state index contributed by atoms with van der Waals surface area (Å²) < 4.78 is 32.4. The number of nitrogens with one attached hydrogen (secondary N) is 1. The summed E-state index contributed by atoms with van der Waals surface area (Å²) in [5.41, 5.74) is 1.06. The fraction of sp³-hybridized carbons (Fsp3) is 0.167. The lowest BCUT2D eigenvalue weighted by Gasteiger charge is -2.09. The molecular formula is C12H10BrN3O3S. The Morgan fingerprint density at radius 2 is 2.10 bits per heavy atom. The van der Waals surface area contributed by atoms with Crippen LogP contribution in [0.5, 0.6) is 0 Å². The van der Waals surface area contributed by atoms with E-state index >= 15 is 0 Å². The highest BCUT2D eigenvalue weighted by molar-refractivity contribution is 9.10. The smallest absolute Gasteiger partial charge is 0.267 e. The summed E-state index contributed by atoms with van der Waals surface area (Å²) in [5, 5.41) is 12.4. The average Bonchev–Trinajstić information content (AvgIpc) is 2.72. The van der Waals surface area contributed by atoms with Crippen molar-refractivity contribution in [1.29, 1.82) is 5.26 Å². The number of benzene rings is 1. The number of nitriles is 1. The quantitative estimate of drug-likeness (QED) is 0.912. The van der Waals surface area contributed by atoms with E-state index in [9.17, 15) is 8.42 Å². The van der Waals surface area contributed by atoms with Crippen molar-refractivity contribution in [2.45, 2.75) is 18.7 Å². The molecule has 0 saturated carbocycles. The highest BCUT2D eigenvalue weighted by atomic mass is 79.9. The summed E-state index contributed by atoms with van der Waals surface area (Å²) in [6.07, 6.45) is 0. The molecule has 0 bridgehead atoms. The van der Waals surface area contributed by atoms with Gasteiger partial charge in [-0.05, 0) is 48.0 Å². The van der Waals surface area contributed by atoms with Crippen LogP contribution in [-0.4, -0.2) is 13.6 Å². The van der Waals surface area contributed by atoms with Crippen molar-refractivity contribution in [2.75, 3.05) is 4.72 Å². The van der Waals surface area contributed by atoms with E-state index in [1.54, 1.807) is 6.92 Å². The first kappa shape index (κ1) is 14.6. The van der Waals surface area contributed by atoms with Crippen molar-refractivity contribution in [2.24, 2.45) is 0 Å². The molecule has 0 fully saturated rings. The van der Waals surface area contributed by atoms with Gasteiger partial charge >= 0.3 is 0 Å². The van der Waals surface area contributed by atoms with E-state index < -0.39 is 10.0 Å². The fourth-order valence-corrected chi connectivity index (χ4v) is 3.74. The monoisotopic (exact) mass is 355 g/mol. The van der Waals surface area contributed by atoms with E-state index in [0.29, 0.717) is 21.4 Å². The molecule has 8 heteroatoms. The number of hydrogen-bond donors (Lipinski definition) is 1. The average molecular weight is 356 g/mol. The minimum absolute atomic E-state index is 0.0220. The minimum atomic E-state index is -3.79. The third-order valence-corrected chi connectivity index (χ3v) is 4.84. The van der Waals surface area contributed by atoms with Gasteiger partial charge in [0.25, 0.3) is 10.0 Å². The van der Waals surface area contributed by atoms with Crippen molar-refractivity contribution in [1.82, 2.24) is 5.16 Å². The van der Waals surface area contributed by atoms with E-state index in [0.717, 1.165) is 0 Å². The Kier molecular flexibility index (Phi) is 3.83. The molecule has 0 unspecified atom stereocenters. The summed E-state index contributed by atoms with van der Waals surface area (Å²) >= 11 is 3.22. The first-order valence-corrected chi connectivity index (χ1v) is 7.78. The summed E-state index contributed by atoms with van der Waals surface area (Å²) in [7, 11) is -3.79. The van der Waals surface area contributed by atoms with Crippen molar-refractivity contribution in [3.8, 4) is 6.07 Å². The molecule has 1 aromatic heterocycles. The topological polar surface area (TPSA) is 96.0 Å². The SMILES string of the molecule is Cc1noc(C)c1S(=O)(=O)Nc1ccc(C#N)cc1Br. The van der Waals surface area contributed by atoms with Crippen LogP contribution < -0.4 is 4.72 Å². The second-order valence-corrected chi connectivity index (χ2v) is 6.54. The molecular weight excluding hydrogens is 346 g/mol. The first-order chi connectivity index (χ1) is 9.35. The van der Waals surface area contributed by atoms with Gasteiger partial charge in [-0.25, -0.2) is 8.42 Å². The number of sulfonamides is 1. The molecule has 2 aromatic rings. The second kappa shape index (κ2) is 5.26. The van der Waals surface area contributed by atoms with Crippen LogP contribution in [-0.2, 0) is 10.0 Å². The van der Waals surface area contributed by atoms with Gasteiger partial charge in [0.1, 0.15) is 5.69 Å². The maximum absolute atomic E-state index is 12.3. The molecule has 6 nitrogen and oxygen atoms in total. The molecule has 0 atom stereocenters. The van der Waals surface area contributed by atoms with Gasteiger partial charge in [0.05, 0.1) is 17.3 Å². The maximum Gasteiger partial charge on any atom is 0.267 e. The van der Waals surface area contributed by atoms with Crippen LogP contribution in [0.1, 0.15) is 17.0 Å². The van der Waals surface area contributed by atoms with Crippen molar-refractivity contribution in [3.05, 3.63) is 39.7 Å². The van der Waals surface area contributed by atoms with Crippen LogP contribution >= 0.6 is 15.9 Å². The van der Waals surface area contributed by atoms with Crippen LogP contribution in [0.3, 0.4) is 0 Å². The zero-order valence-electron chi connectivity index (χ0n) is 10.6. The van der Waals surface area contributed by atoms with Crippen LogP contribution in [0.15, 0.2) is 32.1 Å². The minimum Gasteiger partial charge on any atom is -0.360 e. The summed E-state index contributed by atoms with van der Waals surface area (Å²) in [6.45, 7) is 3.08. The zero-order valence-corrected chi connectivity index (χ0v) is 13.0. The molecule has 0 saturated heterocycles. The maximum atomic E-state index is 12.3. The van der Waals surface area contributed by atoms with Crippen molar-refractivity contribution >= 4 is 31.6 Å². The van der Waals surface area contributed by atoms with Gasteiger partial charge in [0, 0.05) is 4.47 Å². The Labute approximate surface area is 124 Å². The third-order valence-electron chi connectivity index (χ3n) is 2.58. The lowest BCUT2D eigenvalue weighted by Crippen LogP contribution is -2.14. The molecule has 2 rings (SSSR count). The Balaban J connectivity index is 2.42. The number of anilines is 1. The van der Waals surface area contributed by atoms with Gasteiger partial charge in [-0.15, -0.1) is 0 Å². The van der Waals surface area contributed by atoms with E-state index in [-0.39, 0.29) is 10.7 Å². The van der Waals surface area contributed by atoms with Gasteiger partial charge < -0.3 is 4.52 Å². The summed E-state index contributed by atoms with van der Waals surface area (Å²) in [4.78, 5) is 0.0220. The molecule has 0 spiro atoms. The number of aromatic nitrogens is 1. The first-order valence-electron chi connectivity index (χ1n) is 5.50. The highest BCUT2D eigenvalue weighted by Crippen LogP contribution is 2.28. The Hall–Kier alpha value is -1.85. The van der Waals surface area contributed by atoms with Gasteiger partial charge in [0.15, 0.2) is 10.7 Å². The molecule has 0 amide bonds. The lowest BCUT2D eigenvalue weighted by atomic mass is 10.2. The lowest BCUT2D eigenvalue weighted by molar-refractivity contribution is 0.390. The number of hydrogen-bond acceptors (Lipinski definition) is 5. The molecule has 0 aliphatic carbocycles. The van der Waals surface area contributed by atoms with Crippen molar-refractivity contribution in [3.63, 3.8) is 0 Å². The molecule has 1 N–H and O–H groups in total. The molecule has 104 valence electrons. The van der Waals surface area contributed by atoms with Crippen LogP contribution in [0.4, 0.5) is 5.69 Å². The van der Waals surface area contributed by atoms with E-state index in [1.807, 2.05) is 6.07 Å². The molecule has 0 aliphatic heterocycles. The van der Waals surface area contributed by atoms with Crippen molar-refractivity contribution < 1.29 is 12.9 Å². The van der Waals surface area contributed by atoms with E-state index in [2.05, 4.69) is 25.8 Å². The van der Waals surface area contributed by atoms with Gasteiger partial charge in [0.2, 0.25) is 0 Å². The highest BCUT2D eigenvalue weighted by Gasteiger charge is 2.24. The molecule has 20 heavy (non-hydrogen) atoms. The molecule has 1 aromatic carbocycles. The fourth-order valence-electron chi connectivity index (χ4n) is 1.72. The predicted molar refractivity (Wildman–Crippen MR) is 75.6 cm³/mol. The molecule has 0 radical (unpaired) electrons. The Bertz CT molecular complexity index is 786. The van der Waals surface area contributed by atoms with E-state index in [4.69, 9.17) is 9.78 Å². The molecule has 0 aliphatic rings. The number of rotatable bonds is 3. The normalized spacial score (nSPS) is 11.1. The standard InChI is InChI=1S/C12H10BrN3O3S/c1-7-12(8(2)19-15-7)20(17,18)16-11-4-3-9(6-14)5-10(11)13/h3-5,16H,1-2H3. The third kappa shape index (κ3) is 2.69. The zero-order chi connectivity index (χ0) is 14.9. The molecule has 1 heterocycles. The van der Waals surface area contributed by atoms with Crippen LogP contribution in [0, 0.1) is 25.2 Å². The largest absolute Gasteiger partial charge is 0.360 e. The van der Waals surface area contributed by atoms with Gasteiger partial charge in [-0.3, -0.25) is 4.72 Å².